The summed E-state index contributed by atoms with van der Waals surface area (Å²) in [5.41, 5.74) is 1.69. The minimum Gasteiger partial charge on any atom is -0.353 e. The molecule has 0 amide bonds. The van der Waals surface area contributed by atoms with Crippen LogP contribution in [-0.4, -0.2) is 27.6 Å². The normalized spacial score (nSPS) is 10.6. The number of fused-ring (bicyclic) bond motifs is 1. The van der Waals surface area contributed by atoms with Crippen LogP contribution in [0.15, 0.2) is 24.3 Å². The van der Waals surface area contributed by atoms with Crippen LogP contribution in [0.25, 0.3) is 11.0 Å². The van der Waals surface area contributed by atoms with Crippen molar-refractivity contribution >= 4 is 28.6 Å². The Labute approximate surface area is 105 Å². The Morgan fingerprint density at radius 2 is 1.82 bits per heavy atom. The molecule has 0 atom stereocenters. The molecular weight excluding hydrogens is 236 g/mol. The monoisotopic (exact) mass is 250 g/mol. The van der Waals surface area contributed by atoms with Gasteiger partial charge < -0.3 is 5.32 Å². The lowest BCUT2D eigenvalue weighted by atomic mass is 10.2. The molecule has 0 unspecified atom stereocenters. The van der Waals surface area contributed by atoms with Crippen molar-refractivity contribution in [2.45, 2.75) is 19.3 Å². The number of unbranched alkanes of at least 4 members (excludes halogenated alkanes) is 2. The summed E-state index contributed by atoms with van der Waals surface area (Å²) in [5, 5.41) is 11.3. The number of aromatic nitrogens is 3. The van der Waals surface area contributed by atoms with Crippen LogP contribution in [0.1, 0.15) is 19.3 Å². The first-order valence-corrected chi connectivity index (χ1v) is 6.33. The molecule has 1 heterocycles. The molecule has 0 spiro atoms. The highest BCUT2D eigenvalue weighted by Gasteiger charge is 1.99. The van der Waals surface area contributed by atoms with Crippen LogP contribution in [0.5, 0.6) is 0 Å². The molecule has 0 aliphatic carbocycles. The van der Waals surface area contributed by atoms with Gasteiger partial charge in [0, 0.05) is 12.4 Å². The molecule has 0 saturated heterocycles. The largest absolute Gasteiger partial charge is 0.353 e. The number of nitrogens with one attached hydrogen (secondary N) is 1. The summed E-state index contributed by atoms with van der Waals surface area (Å²) in [5.74, 6) is 1.32. The van der Waals surface area contributed by atoms with Crippen LogP contribution in [-0.2, 0) is 0 Å². The molecule has 0 fully saturated rings. The Morgan fingerprint density at radius 1 is 1.00 bits per heavy atom. The second kappa shape index (κ2) is 6.35. The number of anilines is 1. The van der Waals surface area contributed by atoms with E-state index in [1.54, 1.807) is 0 Å². The molecule has 0 aliphatic heterocycles. The van der Waals surface area contributed by atoms with Gasteiger partial charge in [-0.05, 0) is 25.0 Å². The molecule has 1 aromatic carbocycles. The van der Waals surface area contributed by atoms with Crippen molar-refractivity contribution in [1.82, 2.24) is 15.2 Å². The lowest BCUT2D eigenvalue weighted by molar-refractivity contribution is 0.743. The molecule has 4 nitrogen and oxygen atoms in total. The van der Waals surface area contributed by atoms with Gasteiger partial charge in [0.15, 0.2) is 0 Å². The predicted molar refractivity (Wildman–Crippen MR) is 70.4 cm³/mol. The van der Waals surface area contributed by atoms with Gasteiger partial charge in [-0.3, -0.25) is 0 Å². The fraction of sp³-hybridized carbons (Fsp3) is 0.417. The van der Waals surface area contributed by atoms with E-state index in [4.69, 9.17) is 11.6 Å². The first kappa shape index (κ1) is 12.0. The Kier molecular flexibility index (Phi) is 4.50. The van der Waals surface area contributed by atoms with Crippen molar-refractivity contribution in [1.29, 1.82) is 0 Å². The van der Waals surface area contributed by atoms with Gasteiger partial charge in [0.25, 0.3) is 0 Å². The second-order valence-corrected chi connectivity index (χ2v) is 4.18. The average molecular weight is 251 g/mol. The smallest absolute Gasteiger partial charge is 0.243 e. The summed E-state index contributed by atoms with van der Waals surface area (Å²) < 4.78 is 0. The number of para-hydroxylation sites is 1. The number of hydrogen-bond acceptors (Lipinski definition) is 4. The summed E-state index contributed by atoms with van der Waals surface area (Å²) in [7, 11) is 0. The SMILES string of the molecule is ClCCCCCNc1nnc2ccccc2n1. The molecule has 2 rings (SSSR count). The molecule has 2 aromatic rings. The topological polar surface area (TPSA) is 50.7 Å². The highest BCUT2D eigenvalue weighted by molar-refractivity contribution is 6.17. The van der Waals surface area contributed by atoms with Gasteiger partial charge >= 0.3 is 0 Å². The van der Waals surface area contributed by atoms with Gasteiger partial charge in [0.1, 0.15) is 5.52 Å². The van der Waals surface area contributed by atoms with Crippen LogP contribution in [0.2, 0.25) is 0 Å². The van der Waals surface area contributed by atoms with Gasteiger partial charge in [0.2, 0.25) is 5.95 Å². The van der Waals surface area contributed by atoms with Crippen molar-refractivity contribution < 1.29 is 0 Å². The molecule has 90 valence electrons. The molecule has 0 aliphatic rings. The van der Waals surface area contributed by atoms with E-state index in [2.05, 4.69) is 20.5 Å². The molecule has 0 saturated carbocycles. The molecule has 0 radical (unpaired) electrons. The van der Waals surface area contributed by atoms with Crippen molar-refractivity contribution in [3.8, 4) is 0 Å². The first-order chi connectivity index (χ1) is 8.40. The fourth-order valence-electron chi connectivity index (χ4n) is 1.55. The third kappa shape index (κ3) is 3.53. The minimum absolute atomic E-state index is 0.592. The number of benzene rings is 1. The summed E-state index contributed by atoms with van der Waals surface area (Å²) in [6, 6.07) is 7.71. The Bertz CT molecular complexity index is 475. The number of hydrogen-bond donors (Lipinski definition) is 1. The Hall–Kier alpha value is -1.42. The summed E-state index contributed by atoms with van der Waals surface area (Å²) in [4.78, 5) is 4.38. The quantitative estimate of drug-likeness (QED) is 0.633. The molecule has 17 heavy (non-hydrogen) atoms. The number of halogens is 1. The van der Waals surface area contributed by atoms with Crippen LogP contribution in [0.3, 0.4) is 0 Å². The number of alkyl halides is 1. The van der Waals surface area contributed by atoms with Crippen LogP contribution < -0.4 is 5.32 Å². The standard InChI is InChI=1S/C12H15ClN4/c13-8-4-1-5-9-14-12-15-10-6-2-3-7-11(10)16-17-12/h2-3,6-7H,1,4-5,8-9H2,(H,14,15,17). The zero-order valence-corrected chi connectivity index (χ0v) is 10.3. The van der Waals surface area contributed by atoms with Gasteiger partial charge in [0.05, 0.1) is 5.52 Å². The highest BCUT2D eigenvalue weighted by atomic mass is 35.5. The zero-order chi connectivity index (χ0) is 11.9. The Morgan fingerprint density at radius 3 is 2.65 bits per heavy atom. The average Bonchev–Trinajstić information content (AvgIpc) is 2.38. The first-order valence-electron chi connectivity index (χ1n) is 5.79. The van der Waals surface area contributed by atoms with E-state index >= 15 is 0 Å². The van der Waals surface area contributed by atoms with E-state index in [1.807, 2.05) is 24.3 Å². The van der Waals surface area contributed by atoms with E-state index in [9.17, 15) is 0 Å². The summed E-state index contributed by atoms with van der Waals surface area (Å²) in [6.45, 7) is 0.858. The fourth-order valence-corrected chi connectivity index (χ4v) is 1.74. The Balaban J connectivity index is 1.90. The van der Waals surface area contributed by atoms with E-state index < -0.39 is 0 Å². The maximum Gasteiger partial charge on any atom is 0.243 e. The second-order valence-electron chi connectivity index (χ2n) is 3.80. The van der Waals surface area contributed by atoms with Crippen LogP contribution >= 0.6 is 11.6 Å². The molecule has 5 heteroatoms. The van der Waals surface area contributed by atoms with E-state index in [1.165, 1.54) is 0 Å². The molecule has 1 N–H and O–H groups in total. The number of nitrogens with zero attached hydrogens (tertiary/aromatic N) is 3. The third-order valence-corrected chi connectivity index (χ3v) is 2.72. The lowest BCUT2D eigenvalue weighted by Crippen LogP contribution is -2.06. The summed E-state index contributed by atoms with van der Waals surface area (Å²) >= 11 is 5.61. The van der Waals surface area contributed by atoms with Crippen molar-refractivity contribution in [3.05, 3.63) is 24.3 Å². The van der Waals surface area contributed by atoms with Crippen LogP contribution in [0, 0.1) is 0 Å². The predicted octanol–water partition coefficient (Wildman–Crippen LogP) is 2.85. The van der Waals surface area contributed by atoms with E-state index in [-0.39, 0.29) is 0 Å². The van der Waals surface area contributed by atoms with Crippen molar-refractivity contribution in [2.75, 3.05) is 17.7 Å². The van der Waals surface area contributed by atoms with Gasteiger partial charge in [-0.2, -0.15) is 0 Å². The van der Waals surface area contributed by atoms with Gasteiger partial charge in [-0.25, -0.2) is 4.98 Å². The minimum atomic E-state index is 0.592. The van der Waals surface area contributed by atoms with Gasteiger partial charge in [-0.15, -0.1) is 21.8 Å². The van der Waals surface area contributed by atoms with Gasteiger partial charge in [-0.1, -0.05) is 18.6 Å². The van der Waals surface area contributed by atoms with Crippen LogP contribution in [0.4, 0.5) is 5.95 Å². The third-order valence-electron chi connectivity index (χ3n) is 2.45. The molecular formula is C12H15ClN4. The van der Waals surface area contributed by atoms with E-state index in [0.29, 0.717) is 5.95 Å². The lowest BCUT2D eigenvalue weighted by Gasteiger charge is -2.04. The van der Waals surface area contributed by atoms with Crippen molar-refractivity contribution in [2.24, 2.45) is 0 Å². The van der Waals surface area contributed by atoms with Crippen molar-refractivity contribution in [3.63, 3.8) is 0 Å². The van der Waals surface area contributed by atoms with E-state index in [0.717, 1.165) is 42.7 Å². The molecule has 1 aromatic heterocycles. The maximum atomic E-state index is 5.61. The zero-order valence-electron chi connectivity index (χ0n) is 9.56. The maximum absolute atomic E-state index is 5.61. The molecule has 0 bridgehead atoms. The summed E-state index contributed by atoms with van der Waals surface area (Å²) in [6.07, 6.45) is 3.25. The highest BCUT2D eigenvalue weighted by Crippen LogP contribution is 2.08. The number of rotatable bonds is 6.